The summed E-state index contributed by atoms with van der Waals surface area (Å²) in [7, 11) is 0. The van der Waals surface area contributed by atoms with E-state index in [0.29, 0.717) is 0 Å². The lowest BCUT2D eigenvalue weighted by molar-refractivity contribution is 0.627. The molecule has 1 aromatic heterocycles. The number of aryl methyl sites for hydroxylation is 2. The highest BCUT2D eigenvalue weighted by Crippen LogP contribution is 2.06. The minimum absolute atomic E-state index is 0.200. The number of aromatic nitrogens is 2. The SMILES string of the molecule is Fc1ccc(CCc2ncc(I)cn2)cc1. The van der Waals surface area contributed by atoms with Gasteiger partial charge in [0.15, 0.2) is 0 Å². The molecule has 0 fully saturated rings. The van der Waals surface area contributed by atoms with Crippen molar-refractivity contribution in [3.63, 3.8) is 0 Å². The van der Waals surface area contributed by atoms with Gasteiger partial charge in [-0.25, -0.2) is 14.4 Å². The molecule has 0 bridgehead atoms. The topological polar surface area (TPSA) is 25.8 Å². The number of nitrogens with zero attached hydrogens (tertiary/aromatic N) is 2. The lowest BCUT2D eigenvalue weighted by atomic mass is 10.1. The first-order valence-corrected chi connectivity index (χ1v) is 6.03. The lowest BCUT2D eigenvalue weighted by Gasteiger charge is -2.00. The van der Waals surface area contributed by atoms with E-state index >= 15 is 0 Å². The van der Waals surface area contributed by atoms with Crippen molar-refractivity contribution < 1.29 is 4.39 Å². The van der Waals surface area contributed by atoms with E-state index in [9.17, 15) is 4.39 Å². The van der Waals surface area contributed by atoms with Gasteiger partial charge in [0.25, 0.3) is 0 Å². The van der Waals surface area contributed by atoms with E-state index in [0.717, 1.165) is 27.8 Å². The second-order valence-electron chi connectivity index (χ2n) is 3.44. The van der Waals surface area contributed by atoms with Gasteiger partial charge in [-0.15, -0.1) is 0 Å². The predicted octanol–water partition coefficient (Wildman–Crippen LogP) is 3.01. The van der Waals surface area contributed by atoms with Gasteiger partial charge in [-0.2, -0.15) is 0 Å². The zero-order valence-electron chi connectivity index (χ0n) is 8.53. The van der Waals surface area contributed by atoms with Gasteiger partial charge in [0, 0.05) is 22.4 Å². The molecule has 2 aromatic rings. The van der Waals surface area contributed by atoms with Crippen molar-refractivity contribution in [2.45, 2.75) is 12.8 Å². The third-order valence-electron chi connectivity index (χ3n) is 2.22. The summed E-state index contributed by atoms with van der Waals surface area (Å²) in [5.41, 5.74) is 1.10. The Hall–Kier alpha value is -1.04. The Morgan fingerprint density at radius 1 is 1.00 bits per heavy atom. The summed E-state index contributed by atoms with van der Waals surface area (Å²) in [4.78, 5) is 8.44. The zero-order valence-corrected chi connectivity index (χ0v) is 10.7. The summed E-state index contributed by atoms with van der Waals surface area (Å²) in [6, 6.07) is 6.54. The van der Waals surface area contributed by atoms with E-state index in [1.54, 1.807) is 24.5 Å². The average molecular weight is 328 g/mol. The second-order valence-corrected chi connectivity index (χ2v) is 4.69. The van der Waals surface area contributed by atoms with Gasteiger partial charge in [-0.05, 0) is 46.7 Å². The maximum atomic E-state index is 12.7. The molecule has 0 N–H and O–H groups in total. The fraction of sp³-hybridized carbons (Fsp3) is 0.167. The number of rotatable bonds is 3. The molecule has 0 aliphatic carbocycles. The number of benzene rings is 1. The highest BCUT2D eigenvalue weighted by atomic mass is 127. The van der Waals surface area contributed by atoms with Crippen LogP contribution in [0.2, 0.25) is 0 Å². The van der Waals surface area contributed by atoms with Gasteiger partial charge < -0.3 is 0 Å². The van der Waals surface area contributed by atoms with Crippen LogP contribution in [0.25, 0.3) is 0 Å². The summed E-state index contributed by atoms with van der Waals surface area (Å²) in [6.45, 7) is 0. The molecule has 0 saturated heterocycles. The highest BCUT2D eigenvalue weighted by molar-refractivity contribution is 14.1. The van der Waals surface area contributed by atoms with Crippen molar-refractivity contribution in [2.24, 2.45) is 0 Å². The molecule has 2 rings (SSSR count). The molecule has 1 aromatic carbocycles. The molecule has 0 saturated carbocycles. The van der Waals surface area contributed by atoms with E-state index in [4.69, 9.17) is 0 Å². The fourth-order valence-corrected chi connectivity index (χ4v) is 1.65. The van der Waals surface area contributed by atoms with Gasteiger partial charge in [0.1, 0.15) is 11.6 Å². The molecule has 82 valence electrons. The van der Waals surface area contributed by atoms with Crippen molar-refractivity contribution >= 4 is 22.6 Å². The molecule has 4 heteroatoms. The van der Waals surface area contributed by atoms with Gasteiger partial charge in [-0.3, -0.25) is 0 Å². The predicted molar refractivity (Wildman–Crippen MR) is 68.6 cm³/mol. The summed E-state index contributed by atoms with van der Waals surface area (Å²) >= 11 is 2.17. The van der Waals surface area contributed by atoms with E-state index in [-0.39, 0.29) is 5.82 Å². The van der Waals surface area contributed by atoms with Crippen LogP contribution in [0.5, 0.6) is 0 Å². The summed E-state index contributed by atoms with van der Waals surface area (Å²) < 4.78 is 13.7. The maximum Gasteiger partial charge on any atom is 0.128 e. The molecule has 0 radical (unpaired) electrons. The number of halogens is 2. The second kappa shape index (κ2) is 5.34. The lowest BCUT2D eigenvalue weighted by Crippen LogP contribution is -1.98. The molecule has 0 spiro atoms. The van der Waals surface area contributed by atoms with Crippen LogP contribution in [0.4, 0.5) is 4.39 Å². The smallest absolute Gasteiger partial charge is 0.128 e. The van der Waals surface area contributed by atoms with Crippen LogP contribution in [0.1, 0.15) is 11.4 Å². The molecule has 0 aliphatic rings. The van der Waals surface area contributed by atoms with Crippen LogP contribution in [0, 0.1) is 9.39 Å². The van der Waals surface area contributed by atoms with Crippen molar-refractivity contribution in [1.29, 1.82) is 0 Å². The van der Waals surface area contributed by atoms with Crippen molar-refractivity contribution in [3.8, 4) is 0 Å². The molecular weight excluding hydrogens is 318 g/mol. The molecule has 1 heterocycles. The van der Waals surface area contributed by atoms with E-state index in [1.807, 2.05) is 0 Å². The Balaban J connectivity index is 1.97. The highest BCUT2D eigenvalue weighted by Gasteiger charge is 1.98. The summed E-state index contributed by atoms with van der Waals surface area (Å²) in [6.07, 6.45) is 5.21. The first-order valence-electron chi connectivity index (χ1n) is 4.95. The van der Waals surface area contributed by atoms with E-state index < -0.39 is 0 Å². The van der Waals surface area contributed by atoms with Gasteiger partial charge >= 0.3 is 0 Å². The van der Waals surface area contributed by atoms with Crippen LogP contribution >= 0.6 is 22.6 Å². The minimum atomic E-state index is -0.200. The summed E-state index contributed by atoms with van der Waals surface area (Å²) in [5.74, 6) is 0.624. The maximum absolute atomic E-state index is 12.7. The molecule has 0 unspecified atom stereocenters. The quantitative estimate of drug-likeness (QED) is 0.810. The van der Waals surface area contributed by atoms with Crippen LogP contribution in [0.15, 0.2) is 36.7 Å². The first kappa shape index (κ1) is 11.4. The number of hydrogen-bond donors (Lipinski definition) is 0. The Bertz CT molecular complexity index is 408. The zero-order chi connectivity index (χ0) is 11.4. The Kier molecular flexibility index (Phi) is 3.82. The van der Waals surface area contributed by atoms with Gasteiger partial charge in [-0.1, -0.05) is 12.1 Å². The average Bonchev–Trinajstić information content (AvgIpc) is 2.30. The normalized spacial score (nSPS) is 10.4. The molecule has 0 amide bonds. The van der Waals surface area contributed by atoms with Gasteiger partial charge in [0.05, 0.1) is 0 Å². The van der Waals surface area contributed by atoms with E-state index in [1.165, 1.54) is 12.1 Å². The Morgan fingerprint density at radius 3 is 2.25 bits per heavy atom. The van der Waals surface area contributed by atoms with Crippen molar-refractivity contribution in [1.82, 2.24) is 9.97 Å². The Morgan fingerprint density at radius 2 is 1.62 bits per heavy atom. The van der Waals surface area contributed by atoms with Crippen molar-refractivity contribution in [3.05, 3.63) is 57.4 Å². The number of hydrogen-bond acceptors (Lipinski definition) is 2. The van der Waals surface area contributed by atoms with Gasteiger partial charge in [0.2, 0.25) is 0 Å². The summed E-state index contributed by atoms with van der Waals surface area (Å²) in [5, 5.41) is 0. The first-order chi connectivity index (χ1) is 7.74. The Labute approximate surface area is 107 Å². The van der Waals surface area contributed by atoms with Crippen LogP contribution in [-0.2, 0) is 12.8 Å². The third-order valence-corrected chi connectivity index (χ3v) is 2.78. The molecule has 16 heavy (non-hydrogen) atoms. The van der Waals surface area contributed by atoms with Crippen LogP contribution in [-0.4, -0.2) is 9.97 Å². The van der Waals surface area contributed by atoms with Crippen LogP contribution in [0.3, 0.4) is 0 Å². The fourth-order valence-electron chi connectivity index (χ4n) is 1.38. The standard InChI is InChI=1S/C12H10FIN2/c13-10-4-1-9(2-5-10)3-6-12-15-7-11(14)8-16-12/h1-2,4-5,7-8H,3,6H2. The molecule has 0 aliphatic heterocycles. The van der Waals surface area contributed by atoms with Crippen molar-refractivity contribution in [2.75, 3.05) is 0 Å². The van der Waals surface area contributed by atoms with E-state index in [2.05, 4.69) is 32.6 Å². The molecule has 2 nitrogen and oxygen atoms in total. The molecule has 0 atom stereocenters. The molecular formula is C12H10FIN2. The minimum Gasteiger partial charge on any atom is -0.240 e. The van der Waals surface area contributed by atoms with Crippen LogP contribution < -0.4 is 0 Å². The largest absolute Gasteiger partial charge is 0.240 e. The third kappa shape index (κ3) is 3.23. The monoisotopic (exact) mass is 328 g/mol.